The summed E-state index contributed by atoms with van der Waals surface area (Å²) in [5.41, 5.74) is 1.51. The normalized spacial score (nSPS) is 25.6. The van der Waals surface area contributed by atoms with Crippen molar-refractivity contribution in [3.8, 4) is 0 Å². The first-order chi connectivity index (χ1) is 9.22. The van der Waals surface area contributed by atoms with Crippen LogP contribution in [0.5, 0.6) is 0 Å². The number of hydrogen-bond donors (Lipinski definition) is 2. The van der Waals surface area contributed by atoms with Crippen LogP contribution < -0.4 is 10.6 Å². The molecule has 4 heteroatoms. The average Bonchev–Trinajstić information content (AvgIpc) is 3.24. The molecule has 1 atom stereocenters. The number of rotatable bonds is 4. The second kappa shape index (κ2) is 4.04. The molecule has 3 aliphatic rings. The second-order valence-electron chi connectivity index (χ2n) is 6.02. The van der Waals surface area contributed by atoms with Gasteiger partial charge in [0.25, 0.3) is 0 Å². The van der Waals surface area contributed by atoms with Crippen molar-refractivity contribution in [1.82, 2.24) is 5.32 Å². The van der Waals surface area contributed by atoms with Gasteiger partial charge in [-0.15, -0.1) is 0 Å². The number of nitrogens with one attached hydrogen (secondary N) is 2. The first-order valence-electron chi connectivity index (χ1n) is 7.09. The average molecular weight is 260 g/mol. The standard InChI is InChI=1S/C15H17FN2O/c16-10-5-6-11-12(7-10)17-15(19)14(11)18-13(8-1-2-8)9-3-4-9/h5-9,13-14,18H,1-4H2,(H,17,19). The van der Waals surface area contributed by atoms with Gasteiger partial charge >= 0.3 is 0 Å². The Labute approximate surface area is 111 Å². The summed E-state index contributed by atoms with van der Waals surface area (Å²) in [6.07, 6.45) is 5.11. The lowest BCUT2D eigenvalue weighted by molar-refractivity contribution is -0.117. The van der Waals surface area contributed by atoms with E-state index in [0.29, 0.717) is 11.7 Å². The van der Waals surface area contributed by atoms with Crippen molar-refractivity contribution in [2.75, 3.05) is 5.32 Å². The van der Waals surface area contributed by atoms with Gasteiger partial charge in [-0.2, -0.15) is 0 Å². The van der Waals surface area contributed by atoms with Gasteiger partial charge < -0.3 is 5.32 Å². The zero-order valence-electron chi connectivity index (χ0n) is 10.7. The van der Waals surface area contributed by atoms with Crippen LogP contribution in [0.2, 0.25) is 0 Å². The van der Waals surface area contributed by atoms with Crippen molar-refractivity contribution in [2.24, 2.45) is 11.8 Å². The van der Waals surface area contributed by atoms with Gasteiger partial charge in [0.1, 0.15) is 11.9 Å². The number of amides is 1. The molecule has 1 aromatic carbocycles. The number of carbonyl (C=O) groups is 1. The van der Waals surface area contributed by atoms with E-state index in [2.05, 4.69) is 10.6 Å². The maximum atomic E-state index is 13.2. The van der Waals surface area contributed by atoms with Crippen molar-refractivity contribution in [3.05, 3.63) is 29.6 Å². The minimum Gasteiger partial charge on any atom is -0.324 e. The Morgan fingerprint density at radius 2 is 1.89 bits per heavy atom. The minimum atomic E-state index is -0.305. The van der Waals surface area contributed by atoms with E-state index < -0.39 is 0 Å². The molecule has 2 saturated carbocycles. The third kappa shape index (κ3) is 2.04. The highest BCUT2D eigenvalue weighted by molar-refractivity contribution is 6.02. The quantitative estimate of drug-likeness (QED) is 0.873. The van der Waals surface area contributed by atoms with Crippen LogP contribution in [0.25, 0.3) is 0 Å². The fourth-order valence-electron chi connectivity index (χ4n) is 3.16. The van der Waals surface area contributed by atoms with E-state index in [9.17, 15) is 9.18 Å². The summed E-state index contributed by atoms with van der Waals surface area (Å²) in [6, 6.07) is 4.71. The lowest BCUT2D eigenvalue weighted by Crippen LogP contribution is -2.39. The van der Waals surface area contributed by atoms with E-state index in [1.54, 1.807) is 6.07 Å². The SMILES string of the molecule is O=C1Nc2cc(F)ccc2C1NC(C1CC1)C1CC1. The van der Waals surface area contributed by atoms with Gasteiger partial charge in [-0.25, -0.2) is 4.39 Å². The molecule has 1 aromatic rings. The van der Waals surface area contributed by atoms with Crippen LogP contribution in [0.3, 0.4) is 0 Å². The number of carbonyl (C=O) groups excluding carboxylic acids is 1. The fourth-order valence-corrected chi connectivity index (χ4v) is 3.16. The van der Waals surface area contributed by atoms with Gasteiger partial charge in [0.05, 0.1) is 0 Å². The molecule has 0 bridgehead atoms. The Morgan fingerprint density at radius 1 is 1.21 bits per heavy atom. The Bertz CT molecular complexity index is 525. The van der Waals surface area contributed by atoms with Gasteiger partial charge in [-0.1, -0.05) is 6.07 Å². The molecular formula is C15H17FN2O. The number of hydrogen-bond acceptors (Lipinski definition) is 2. The molecule has 0 saturated heterocycles. The molecule has 2 aliphatic carbocycles. The topological polar surface area (TPSA) is 41.1 Å². The summed E-state index contributed by atoms with van der Waals surface area (Å²) in [7, 11) is 0. The molecule has 1 aliphatic heterocycles. The van der Waals surface area contributed by atoms with Crippen LogP contribution in [0.1, 0.15) is 37.3 Å². The van der Waals surface area contributed by atoms with Gasteiger partial charge in [-0.05, 0) is 49.7 Å². The highest BCUT2D eigenvalue weighted by atomic mass is 19.1. The molecule has 1 amide bonds. The highest BCUT2D eigenvalue weighted by Gasteiger charge is 2.44. The zero-order valence-corrected chi connectivity index (χ0v) is 10.7. The maximum Gasteiger partial charge on any atom is 0.246 e. The number of anilines is 1. The third-order valence-corrected chi connectivity index (χ3v) is 4.47. The fraction of sp³-hybridized carbons (Fsp3) is 0.533. The van der Waals surface area contributed by atoms with E-state index in [1.165, 1.54) is 37.8 Å². The Kier molecular flexibility index (Phi) is 2.42. The molecular weight excluding hydrogens is 243 g/mol. The summed E-state index contributed by atoms with van der Waals surface area (Å²) in [4.78, 5) is 12.1. The van der Waals surface area contributed by atoms with Crippen LogP contribution in [0.4, 0.5) is 10.1 Å². The second-order valence-corrected chi connectivity index (χ2v) is 6.02. The zero-order chi connectivity index (χ0) is 13.0. The highest BCUT2D eigenvalue weighted by Crippen LogP contribution is 2.46. The van der Waals surface area contributed by atoms with Gasteiger partial charge in [0.15, 0.2) is 0 Å². The van der Waals surface area contributed by atoms with Crippen molar-refractivity contribution < 1.29 is 9.18 Å². The number of benzene rings is 1. The number of halogens is 1. The molecule has 1 unspecified atom stereocenters. The molecule has 3 nitrogen and oxygen atoms in total. The summed E-state index contributed by atoms with van der Waals surface area (Å²) in [5.74, 6) is 1.13. The van der Waals surface area contributed by atoms with E-state index in [-0.39, 0.29) is 17.8 Å². The van der Waals surface area contributed by atoms with Crippen LogP contribution in [-0.4, -0.2) is 11.9 Å². The molecule has 0 radical (unpaired) electrons. The Balaban J connectivity index is 1.59. The third-order valence-electron chi connectivity index (χ3n) is 4.47. The molecule has 2 fully saturated rings. The summed E-state index contributed by atoms with van der Waals surface area (Å²) >= 11 is 0. The molecule has 0 aromatic heterocycles. The molecule has 19 heavy (non-hydrogen) atoms. The summed E-state index contributed by atoms with van der Waals surface area (Å²) < 4.78 is 13.2. The van der Waals surface area contributed by atoms with Gasteiger partial charge in [0.2, 0.25) is 5.91 Å². The Hall–Kier alpha value is -1.42. The van der Waals surface area contributed by atoms with Crippen molar-refractivity contribution in [3.63, 3.8) is 0 Å². The van der Waals surface area contributed by atoms with Gasteiger partial charge in [0, 0.05) is 17.3 Å². The molecule has 4 rings (SSSR count). The van der Waals surface area contributed by atoms with Gasteiger partial charge in [-0.3, -0.25) is 10.1 Å². The van der Waals surface area contributed by atoms with Crippen LogP contribution in [-0.2, 0) is 4.79 Å². The molecule has 1 heterocycles. The molecule has 0 spiro atoms. The van der Waals surface area contributed by atoms with Crippen LogP contribution in [0, 0.1) is 17.7 Å². The van der Waals surface area contributed by atoms with Crippen LogP contribution in [0.15, 0.2) is 18.2 Å². The summed E-state index contributed by atoms with van der Waals surface area (Å²) in [6.45, 7) is 0. The first-order valence-corrected chi connectivity index (χ1v) is 7.09. The predicted molar refractivity (Wildman–Crippen MR) is 70.1 cm³/mol. The lowest BCUT2D eigenvalue weighted by Gasteiger charge is -2.21. The van der Waals surface area contributed by atoms with E-state index in [1.807, 2.05) is 0 Å². The minimum absolute atomic E-state index is 0.0492. The first kappa shape index (κ1) is 11.4. The Morgan fingerprint density at radius 3 is 2.53 bits per heavy atom. The monoisotopic (exact) mass is 260 g/mol. The maximum absolute atomic E-state index is 13.2. The predicted octanol–water partition coefficient (Wildman–Crippen LogP) is 2.60. The van der Waals surface area contributed by atoms with Crippen molar-refractivity contribution >= 4 is 11.6 Å². The van der Waals surface area contributed by atoms with Crippen molar-refractivity contribution in [2.45, 2.75) is 37.8 Å². The number of fused-ring (bicyclic) bond motifs is 1. The molecule has 100 valence electrons. The summed E-state index contributed by atoms with van der Waals surface area (Å²) in [5, 5.41) is 6.30. The van der Waals surface area contributed by atoms with Crippen molar-refractivity contribution in [1.29, 1.82) is 0 Å². The van der Waals surface area contributed by atoms with E-state index in [4.69, 9.17) is 0 Å². The van der Waals surface area contributed by atoms with Crippen LogP contribution >= 0.6 is 0 Å². The molecule has 2 N–H and O–H groups in total. The lowest BCUT2D eigenvalue weighted by atomic mass is 10.0. The van der Waals surface area contributed by atoms with E-state index in [0.717, 1.165) is 17.4 Å². The van der Waals surface area contributed by atoms with E-state index >= 15 is 0 Å². The smallest absolute Gasteiger partial charge is 0.246 e. The largest absolute Gasteiger partial charge is 0.324 e.